The van der Waals surface area contributed by atoms with E-state index in [0.29, 0.717) is 5.92 Å². The molecule has 0 amide bonds. The number of aliphatic hydroxyl groups is 1. The molecule has 3 saturated carbocycles. The van der Waals surface area contributed by atoms with E-state index in [-0.39, 0.29) is 51.9 Å². The maximum Gasteiger partial charge on any atom is 0.309 e. The molecule has 5 rings (SSSR count). The van der Waals surface area contributed by atoms with Crippen molar-refractivity contribution in [1.82, 2.24) is 0 Å². The van der Waals surface area contributed by atoms with Gasteiger partial charge in [-0.15, -0.1) is 0 Å². The topological polar surface area (TPSA) is 63.6 Å². The lowest BCUT2D eigenvalue weighted by Crippen LogP contribution is -2.60. The molecule has 1 N–H and O–H groups in total. The van der Waals surface area contributed by atoms with Gasteiger partial charge in [-0.25, -0.2) is 0 Å². The standard InChI is InChI=1S/C30H44O4/c1-17(2)9-8-10-18-24-22(34-26(18)33)16-30(7)20-15-21(31)25-27(3,4)23(32)12-13-28(25,5)19(20)11-14-29(24,30)6/h9,15,18-19,22-25,32H,8,10-14,16H2,1-7H3/t18-,19+,22+,23-,24-,25+,28-,29+,30-/m0/s1. The van der Waals surface area contributed by atoms with E-state index in [1.165, 1.54) is 11.1 Å². The van der Waals surface area contributed by atoms with Crippen molar-refractivity contribution < 1.29 is 19.4 Å². The second-order valence-electron chi connectivity index (χ2n) is 13.8. The van der Waals surface area contributed by atoms with Gasteiger partial charge in [-0.3, -0.25) is 9.59 Å². The van der Waals surface area contributed by atoms with Gasteiger partial charge in [-0.05, 0) is 87.0 Å². The van der Waals surface area contributed by atoms with Crippen molar-refractivity contribution in [2.24, 2.45) is 45.3 Å². The number of carbonyl (C=O) groups is 2. The van der Waals surface area contributed by atoms with E-state index >= 15 is 0 Å². The van der Waals surface area contributed by atoms with Crippen LogP contribution in [0.5, 0.6) is 0 Å². The average molecular weight is 469 g/mol. The van der Waals surface area contributed by atoms with Crippen LogP contribution >= 0.6 is 0 Å². The third kappa shape index (κ3) is 2.99. The Labute approximate surface area is 205 Å². The van der Waals surface area contributed by atoms with Crippen molar-refractivity contribution >= 4 is 11.8 Å². The molecule has 9 atom stereocenters. The third-order valence-corrected chi connectivity index (χ3v) is 11.6. The fourth-order valence-electron chi connectivity index (χ4n) is 9.72. The molecule has 4 heteroatoms. The minimum atomic E-state index is -0.430. The molecule has 34 heavy (non-hydrogen) atoms. The maximum absolute atomic E-state index is 13.8. The van der Waals surface area contributed by atoms with Crippen LogP contribution in [0.4, 0.5) is 0 Å². The van der Waals surface area contributed by atoms with Gasteiger partial charge < -0.3 is 9.84 Å². The Balaban J connectivity index is 1.53. The summed E-state index contributed by atoms with van der Waals surface area (Å²) in [6.45, 7) is 15.5. The SMILES string of the molecule is CC(C)=CCC[C@@H]1C(=O)O[C@@H]2C[C@@]3(C)C4=CC(=O)[C@@H]5C(C)(C)[C@@H](O)CC[C@@]5(C)[C@@H]4CC[C@]3(C)[C@@H]12. The summed E-state index contributed by atoms with van der Waals surface area (Å²) >= 11 is 0. The zero-order valence-electron chi connectivity index (χ0n) is 22.2. The number of ether oxygens (including phenoxy) is 1. The molecular formula is C30H44O4. The zero-order chi connectivity index (χ0) is 24.8. The Morgan fingerprint density at radius 3 is 2.50 bits per heavy atom. The molecule has 188 valence electrons. The number of ketones is 1. The summed E-state index contributed by atoms with van der Waals surface area (Å²) in [5.41, 5.74) is 1.90. The first-order chi connectivity index (χ1) is 15.8. The van der Waals surface area contributed by atoms with Crippen molar-refractivity contribution in [3.63, 3.8) is 0 Å². The highest BCUT2D eigenvalue weighted by Crippen LogP contribution is 2.74. The summed E-state index contributed by atoms with van der Waals surface area (Å²) in [5.74, 6) is 0.599. The van der Waals surface area contributed by atoms with Gasteiger partial charge in [-0.1, -0.05) is 51.8 Å². The van der Waals surface area contributed by atoms with Crippen LogP contribution in [0.2, 0.25) is 0 Å². The van der Waals surface area contributed by atoms with E-state index in [9.17, 15) is 14.7 Å². The highest BCUT2D eigenvalue weighted by atomic mass is 16.6. The number of allylic oxidation sites excluding steroid dienone is 4. The Kier molecular flexibility index (Phi) is 5.39. The van der Waals surface area contributed by atoms with Gasteiger partial charge in [0.15, 0.2) is 5.78 Å². The zero-order valence-corrected chi connectivity index (χ0v) is 22.2. The van der Waals surface area contributed by atoms with Crippen molar-refractivity contribution in [2.45, 2.75) is 106 Å². The smallest absolute Gasteiger partial charge is 0.309 e. The van der Waals surface area contributed by atoms with Crippen LogP contribution in [-0.4, -0.2) is 29.1 Å². The lowest BCUT2D eigenvalue weighted by Gasteiger charge is -2.63. The summed E-state index contributed by atoms with van der Waals surface area (Å²) in [7, 11) is 0. The molecule has 0 bridgehead atoms. The summed E-state index contributed by atoms with van der Waals surface area (Å²) in [6.07, 6.45) is 10.2. The molecule has 1 heterocycles. The molecule has 1 aliphatic heterocycles. The number of hydrogen-bond acceptors (Lipinski definition) is 4. The highest BCUT2D eigenvalue weighted by Gasteiger charge is 2.71. The molecule has 5 aliphatic rings. The van der Waals surface area contributed by atoms with Crippen LogP contribution in [0.25, 0.3) is 0 Å². The first-order valence-corrected chi connectivity index (χ1v) is 13.6. The van der Waals surface area contributed by atoms with Gasteiger partial charge in [0, 0.05) is 17.3 Å². The van der Waals surface area contributed by atoms with Crippen LogP contribution in [0.1, 0.15) is 93.4 Å². The lowest BCUT2D eigenvalue weighted by molar-refractivity contribution is -0.158. The largest absolute Gasteiger partial charge is 0.462 e. The maximum atomic E-state index is 13.8. The molecule has 0 aromatic carbocycles. The molecule has 0 unspecified atom stereocenters. The first kappa shape index (κ1) is 24.3. The van der Waals surface area contributed by atoms with Gasteiger partial charge in [0.1, 0.15) is 6.10 Å². The Morgan fingerprint density at radius 2 is 1.82 bits per heavy atom. The second kappa shape index (κ2) is 7.54. The Hall–Kier alpha value is -1.42. The minimum absolute atomic E-state index is 0.00806. The van der Waals surface area contributed by atoms with Crippen molar-refractivity contribution in [3.05, 3.63) is 23.3 Å². The second-order valence-corrected chi connectivity index (χ2v) is 13.8. The summed E-state index contributed by atoms with van der Waals surface area (Å²) in [5, 5.41) is 10.8. The number of fused-ring (bicyclic) bond motifs is 7. The molecule has 1 saturated heterocycles. The number of rotatable bonds is 3. The molecule has 0 aromatic rings. The van der Waals surface area contributed by atoms with Crippen molar-refractivity contribution in [3.8, 4) is 0 Å². The van der Waals surface area contributed by atoms with E-state index in [1.807, 2.05) is 6.08 Å². The minimum Gasteiger partial charge on any atom is -0.462 e. The normalized spacial score (nSPS) is 48.8. The van der Waals surface area contributed by atoms with E-state index < -0.39 is 11.5 Å². The van der Waals surface area contributed by atoms with E-state index in [2.05, 4.69) is 54.5 Å². The number of hydrogen-bond donors (Lipinski definition) is 1. The average Bonchev–Trinajstić information content (AvgIpc) is 3.15. The molecule has 4 fully saturated rings. The fourth-order valence-corrected chi connectivity index (χ4v) is 9.72. The molecule has 0 radical (unpaired) electrons. The Morgan fingerprint density at radius 1 is 1.12 bits per heavy atom. The lowest BCUT2D eigenvalue weighted by atomic mass is 9.40. The molecule has 0 spiro atoms. The summed E-state index contributed by atoms with van der Waals surface area (Å²) in [6, 6.07) is 0. The quantitative estimate of drug-likeness (QED) is 0.406. The van der Waals surface area contributed by atoms with Gasteiger partial charge in [-0.2, -0.15) is 0 Å². The van der Waals surface area contributed by atoms with Gasteiger partial charge >= 0.3 is 5.97 Å². The van der Waals surface area contributed by atoms with Gasteiger partial charge in [0.25, 0.3) is 0 Å². The summed E-state index contributed by atoms with van der Waals surface area (Å²) in [4.78, 5) is 26.7. The number of carbonyl (C=O) groups excluding carboxylic acids is 2. The van der Waals surface area contributed by atoms with Crippen LogP contribution < -0.4 is 0 Å². The van der Waals surface area contributed by atoms with Gasteiger partial charge in [0.2, 0.25) is 0 Å². The third-order valence-electron chi connectivity index (χ3n) is 11.6. The predicted molar refractivity (Wildman–Crippen MR) is 133 cm³/mol. The highest BCUT2D eigenvalue weighted by molar-refractivity contribution is 5.95. The molecule has 4 nitrogen and oxygen atoms in total. The van der Waals surface area contributed by atoms with Crippen LogP contribution in [-0.2, 0) is 14.3 Å². The summed E-state index contributed by atoms with van der Waals surface area (Å²) < 4.78 is 6.06. The van der Waals surface area contributed by atoms with Crippen LogP contribution in [0, 0.1) is 45.3 Å². The van der Waals surface area contributed by atoms with Crippen molar-refractivity contribution in [2.75, 3.05) is 0 Å². The Bertz CT molecular complexity index is 970. The first-order valence-electron chi connectivity index (χ1n) is 13.6. The van der Waals surface area contributed by atoms with Crippen LogP contribution in [0.3, 0.4) is 0 Å². The molecular weight excluding hydrogens is 424 g/mol. The van der Waals surface area contributed by atoms with Gasteiger partial charge in [0.05, 0.1) is 12.0 Å². The number of aliphatic hydroxyl groups excluding tert-OH is 1. The number of esters is 1. The predicted octanol–water partition coefficient (Wildman–Crippen LogP) is 6.03. The fraction of sp³-hybridized carbons (Fsp3) is 0.800. The van der Waals surface area contributed by atoms with Crippen LogP contribution in [0.15, 0.2) is 23.3 Å². The monoisotopic (exact) mass is 468 g/mol. The van der Waals surface area contributed by atoms with E-state index in [0.717, 1.165) is 44.9 Å². The molecule has 4 aliphatic carbocycles. The van der Waals surface area contributed by atoms with Crippen molar-refractivity contribution in [1.29, 1.82) is 0 Å². The van der Waals surface area contributed by atoms with E-state index in [4.69, 9.17) is 4.74 Å². The molecule has 0 aromatic heterocycles. The van der Waals surface area contributed by atoms with E-state index in [1.54, 1.807) is 0 Å².